The Labute approximate surface area is 106 Å². The van der Waals surface area contributed by atoms with Crippen LogP contribution in [0.1, 0.15) is 11.1 Å². The highest BCUT2D eigenvalue weighted by Gasteiger charge is 2.35. The van der Waals surface area contributed by atoms with Gasteiger partial charge in [0.2, 0.25) is 0 Å². The summed E-state index contributed by atoms with van der Waals surface area (Å²) in [5, 5.41) is 9.25. The molecule has 5 nitrogen and oxygen atoms in total. The van der Waals surface area contributed by atoms with Gasteiger partial charge in [-0.2, -0.15) is 0 Å². The van der Waals surface area contributed by atoms with Gasteiger partial charge in [-0.05, 0) is 11.1 Å². The van der Waals surface area contributed by atoms with Gasteiger partial charge >= 0.3 is 12.0 Å². The minimum atomic E-state index is -0.959. The van der Waals surface area contributed by atoms with Gasteiger partial charge in [-0.15, -0.1) is 0 Å². The van der Waals surface area contributed by atoms with E-state index < -0.39 is 12.0 Å². The van der Waals surface area contributed by atoms with Crippen LogP contribution in [0.4, 0.5) is 4.79 Å². The number of carboxylic acids is 1. The predicted molar refractivity (Wildman–Crippen MR) is 66.2 cm³/mol. The molecule has 1 aliphatic rings. The highest BCUT2D eigenvalue weighted by Crippen LogP contribution is 2.24. The summed E-state index contributed by atoms with van der Waals surface area (Å²) in [6, 6.07) is 6.60. The van der Waals surface area contributed by atoms with Crippen LogP contribution in [-0.2, 0) is 17.8 Å². The summed E-state index contributed by atoms with van der Waals surface area (Å²) in [4.78, 5) is 26.1. The number of hydrogen-bond donors (Lipinski definition) is 1. The summed E-state index contributed by atoms with van der Waals surface area (Å²) < 4.78 is 0. The molecule has 0 saturated carbocycles. The molecule has 0 aromatic heterocycles. The van der Waals surface area contributed by atoms with E-state index in [0.717, 1.165) is 11.1 Å². The van der Waals surface area contributed by atoms with Crippen molar-refractivity contribution in [3.63, 3.8) is 0 Å². The first-order valence-corrected chi connectivity index (χ1v) is 5.78. The van der Waals surface area contributed by atoms with Crippen LogP contribution in [0.15, 0.2) is 24.3 Å². The Morgan fingerprint density at radius 2 is 1.89 bits per heavy atom. The van der Waals surface area contributed by atoms with E-state index in [1.165, 1.54) is 9.80 Å². The van der Waals surface area contributed by atoms with Gasteiger partial charge in [0.05, 0.1) is 0 Å². The summed E-state index contributed by atoms with van der Waals surface area (Å²) in [6.45, 7) is 0.351. The van der Waals surface area contributed by atoms with Gasteiger partial charge in [0, 0.05) is 27.1 Å². The van der Waals surface area contributed by atoms with Crippen molar-refractivity contribution in [3.05, 3.63) is 35.4 Å². The van der Waals surface area contributed by atoms with Crippen molar-refractivity contribution in [2.75, 3.05) is 14.1 Å². The maximum absolute atomic E-state index is 12.0. The second-order valence-electron chi connectivity index (χ2n) is 4.63. The van der Waals surface area contributed by atoms with Gasteiger partial charge in [0.1, 0.15) is 6.04 Å². The van der Waals surface area contributed by atoms with E-state index in [2.05, 4.69) is 0 Å². The van der Waals surface area contributed by atoms with E-state index in [9.17, 15) is 14.7 Å². The Morgan fingerprint density at radius 1 is 1.28 bits per heavy atom. The average Bonchev–Trinajstić information content (AvgIpc) is 2.36. The van der Waals surface area contributed by atoms with Crippen molar-refractivity contribution in [2.24, 2.45) is 0 Å². The Kier molecular flexibility index (Phi) is 3.23. The smallest absolute Gasteiger partial charge is 0.326 e. The maximum Gasteiger partial charge on any atom is 0.326 e. The number of rotatable bonds is 1. The summed E-state index contributed by atoms with van der Waals surface area (Å²) in [5.74, 6) is -0.959. The van der Waals surface area contributed by atoms with Crippen LogP contribution in [0.3, 0.4) is 0 Å². The van der Waals surface area contributed by atoms with Gasteiger partial charge in [0.15, 0.2) is 0 Å². The number of fused-ring (bicyclic) bond motifs is 1. The van der Waals surface area contributed by atoms with Crippen molar-refractivity contribution < 1.29 is 14.7 Å². The number of aliphatic carboxylic acids is 1. The molecule has 5 heteroatoms. The van der Waals surface area contributed by atoms with Gasteiger partial charge in [-0.1, -0.05) is 24.3 Å². The average molecular weight is 248 g/mol. The Hall–Kier alpha value is -2.04. The summed E-state index contributed by atoms with van der Waals surface area (Å²) in [6.07, 6.45) is 0.366. The van der Waals surface area contributed by atoms with Gasteiger partial charge in [-0.25, -0.2) is 9.59 Å². The number of benzene rings is 1. The fraction of sp³-hybridized carbons (Fsp3) is 0.385. The second kappa shape index (κ2) is 4.68. The van der Waals surface area contributed by atoms with Crippen LogP contribution >= 0.6 is 0 Å². The number of amides is 2. The second-order valence-corrected chi connectivity index (χ2v) is 4.63. The van der Waals surface area contributed by atoms with E-state index in [1.807, 2.05) is 24.3 Å². The van der Waals surface area contributed by atoms with Crippen LogP contribution in [-0.4, -0.2) is 47.0 Å². The van der Waals surface area contributed by atoms with Gasteiger partial charge in [0.25, 0.3) is 0 Å². The lowest BCUT2D eigenvalue weighted by Crippen LogP contribution is -2.51. The number of hydrogen-bond acceptors (Lipinski definition) is 2. The Bertz CT molecular complexity index is 485. The molecule has 0 bridgehead atoms. The highest BCUT2D eigenvalue weighted by atomic mass is 16.4. The van der Waals surface area contributed by atoms with Crippen LogP contribution in [0.5, 0.6) is 0 Å². The monoisotopic (exact) mass is 248 g/mol. The molecule has 1 N–H and O–H groups in total. The predicted octanol–water partition coefficient (Wildman–Crippen LogP) is 1.18. The molecule has 18 heavy (non-hydrogen) atoms. The van der Waals surface area contributed by atoms with Crippen LogP contribution < -0.4 is 0 Å². The van der Waals surface area contributed by atoms with E-state index in [1.54, 1.807) is 14.1 Å². The molecule has 0 radical (unpaired) electrons. The molecule has 1 atom stereocenters. The highest BCUT2D eigenvalue weighted by molar-refractivity contribution is 5.83. The molecule has 0 fully saturated rings. The van der Waals surface area contributed by atoms with E-state index in [0.29, 0.717) is 13.0 Å². The molecule has 0 spiro atoms. The van der Waals surface area contributed by atoms with E-state index in [4.69, 9.17) is 0 Å². The molecule has 0 saturated heterocycles. The zero-order valence-electron chi connectivity index (χ0n) is 10.5. The van der Waals surface area contributed by atoms with Crippen molar-refractivity contribution >= 4 is 12.0 Å². The van der Waals surface area contributed by atoms with Crippen molar-refractivity contribution in [3.8, 4) is 0 Å². The number of carbonyl (C=O) groups excluding carboxylic acids is 1. The first kappa shape index (κ1) is 12.4. The van der Waals surface area contributed by atoms with Gasteiger partial charge in [-0.3, -0.25) is 0 Å². The molecule has 1 aromatic carbocycles. The number of carbonyl (C=O) groups is 2. The quantitative estimate of drug-likeness (QED) is 0.811. The molecule has 2 rings (SSSR count). The first-order chi connectivity index (χ1) is 8.50. The zero-order chi connectivity index (χ0) is 13.3. The molecule has 0 aliphatic carbocycles. The molecule has 1 heterocycles. The zero-order valence-corrected chi connectivity index (χ0v) is 10.5. The van der Waals surface area contributed by atoms with Crippen molar-refractivity contribution in [1.82, 2.24) is 9.80 Å². The SMILES string of the molecule is CN(C)C(=O)N1Cc2ccccc2CC1C(=O)O. The third-order valence-corrected chi connectivity index (χ3v) is 3.16. The lowest BCUT2D eigenvalue weighted by atomic mass is 9.94. The molecule has 2 amide bonds. The largest absolute Gasteiger partial charge is 0.480 e. The Balaban J connectivity index is 2.34. The number of carboxylic acid groups (broad SMARTS) is 1. The molecule has 96 valence electrons. The standard InChI is InChI=1S/C13H16N2O3/c1-14(2)13(18)15-8-10-6-4-3-5-9(10)7-11(15)12(16)17/h3-6,11H,7-8H2,1-2H3,(H,16,17). The molecular weight excluding hydrogens is 232 g/mol. The normalized spacial score (nSPS) is 18.1. The lowest BCUT2D eigenvalue weighted by molar-refractivity contribution is -0.142. The Morgan fingerprint density at radius 3 is 2.44 bits per heavy atom. The number of nitrogens with zero attached hydrogens (tertiary/aromatic N) is 2. The van der Waals surface area contributed by atoms with Crippen LogP contribution in [0.25, 0.3) is 0 Å². The van der Waals surface area contributed by atoms with Crippen LogP contribution in [0, 0.1) is 0 Å². The first-order valence-electron chi connectivity index (χ1n) is 5.78. The van der Waals surface area contributed by atoms with Crippen LogP contribution in [0.2, 0.25) is 0 Å². The maximum atomic E-state index is 12.0. The minimum Gasteiger partial charge on any atom is -0.480 e. The molecular formula is C13H16N2O3. The third-order valence-electron chi connectivity index (χ3n) is 3.16. The third kappa shape index (κ3) is 2.16. The fourth-order valence-corrected chi connectivity index (χ4v) is 2.20. The van der Waals surface area contributed by atoms with Crippen molar-refractivity contribution in [1.29, 1.82) is 0 Å². The molecule has 1 aliphatic heterocycles. The number of urea groups is 1. The molecule has 1 aromatic rings. The lowest BCUT2D eigenvalue weighted by Gasteiger charge is -2.35. The molecule has 1 unspecified atom stereocenters. The fourth-order valence-electron chi connectivity index (χ4n) is 2.20. The summed E-state index contributed by atoms with van der Waals surface area (Å²) >= 11 is 0. The minimum absolute atomic E-state index is 0.267. The van der Waals surface area contributed by atoms with Crippen molar-refractivity contribution in [2.45, 2.75) is 19.0 Å². The van der Waals surface area contributed by atoms with Gasteiger partial charge < -0.3 is 14.9 Å². The van der Waals surface area contributed by atoms with E-state index in [-0.39, 0.29) is 6.03 Å². The topological polar surface area (TPSA) is 60.9 Å². The summed E-state index contributed by atoms with van der Waals surface area (Å²) in [7, 11) is 3.25. The van der Waals surface area contributed by atoms with E-state index >= 15 is 0 Å². The summed E-state index contributed by atoms with van der Waals surface area (Å²) in [5.41, 5.74) is 2.03.